The van der Waals surface area contributed by atoms with Crippen LogP contribution in [0.15, 0.2) is 36.8 Å². The Balaban J connectivity index is 0.000000750. The second-order valence-corrected chi connectivity index (χ2v) is 2.94. The minimum atomic E-state index is 0. The van der Waals surface area contributed by atoms with Gasteiger partial charge in [0.15, 0.2) is 0 Å². The number of halogens is 1. The normalized spacial score (nSPS) is 10.3. The largest absolute Gasteiger partial charge is 0.344 e. The van der Waals surface area contributed by atoms with Gasteiger partial charge in [0.05, 0.1) is 23.6 Å². The fourth-order valence-electron chi connectivity index (χ4n) is 1.55. The molecule has 3 rings (SSSR count). The summed E-state index contributed by atoms with van der Waals surface area (Å²) in [6.45, 7) is 0. The lowest BCUT2D eigenvalue weighted by molar-refractivity contribution is 1.34. The van der Waals surface area contributed by atoms with E-state index in [1.54, 1.807) is 12.5 Å². The van der Waals surface area contributed by atoms with Gasteiger partial charge in [0.1, 0.15) is 5.52 Å². The third kappa shape index (κ3) is 1.14. The van der Waals surface area contributed by atoms with Gasteiger partial charge in [-0.2, -0.15) is 0 Å². The summed E-state index contributed by atoms with van der Waals surface area (Å²) in [5.41, 5.74) is 2.98. The zero-order valence-electron chi connectivity index (χ0n) is 7.27. The van der Waals surface area contributed by atoms with Crippen molar-refractivity contribution in [1.82, 2.24) is 15.0 Å². The van der Waals surface area contributed by atoms with E-state index in [1.807, 2.05) is 24.3 Å². The van der Waals surface area contributed by atoms with Crippen LogP contribution in [0, 0.1) is 0 Å². The molecule has 0 unspecified atom stereocenters. The van der Waals surface area contributed by atoms with Gasteiger partial charge in [-0.25, -0.2) is 4.98 Å². The van der Waals surface area contributed by atoms with E-state index >= 15 is 0 Å². The number of benzene rings is 1. The fourth-order valence-corrected chi connectivity index (χ4v) is 1.55. The Morgan fingerprint density at radius 1 is 1.00 bits per heavy atom. The zero-order chi connectivity index (χ0) is 8.67. The molecular formula is C10H8ClN3. The van der Waals surface area contributed by atoms with Crippen molar-refractivity contribution in [3.05, 3.63) is 36.8 Å². The third-order valence-electron chi connectivity index (χ3n) is 2.17. The molecule has 1 N–H and O–H groups in total. The van der Waals surface area contributed by atoms with Crippen LogP contribution in [-0.2, 0) is 0 Å². The number of aromatic amines is 1. The van der Waals surface area contributed by atoms with E-state index in [1.165, 1.54) is 0 Å². The van der Waals surface area contributed by atoms with Gasteiger partial charge >= 0.3 is 0 Å². The summed E-state index contributed by atoms with van der Waals surface area (Å²) in [7, 11) is 0. The number of pyridine rings is 1. The summed E-state index contributed by atoms with van der Waals surface area (Å²) in [4.78, 5) is 11.6. The molecule has 0 aliphatic heterocycles. The van der Waals surface area contributed by atoms with E-state index in [2.05, 4.69) is 15.0 Å². The summed E-state index contributed by atoms with van der Waals surface area (Å²) in [5, 5.41) is 1.12. The molecule has 0 amide bonds. The van der Waals surface area contributed by atoms with E-state index in [0.29, 0.717) is 0 Å². The van der Waals surface area contributed by atoms with Gasteiger partial charge in [-0.15, -0.1) is 12.4 Å². The molecule has 0 aliphatic carbocycles. The second-order valence-electron chi connectivity index (χ2n) is 2.94. The van der Waals surface area contributed by atoms with Gasteiger partial charge in [-0.3, -0.25) is 4.98 Å². The first-order valence-corrected chi connectivity index (χ1v) is 4.12. The Hall–Kier alpha value is -1.61. The van der Waals surface area contributed by atoms with E-state index in [4.69, 9.17) is 0 Å². The highest BCUT2D eigenvalue weighted by Gasteiger charge is 2.01. The predicted molar refractivity (Wildman–Crippen MR) is 58.6 cm³/mol. The monoisotopic (exact) mass is 205 g/mol. The summed E-state index contributed by atoms with van der Waals surface area (Å²) in [6, 6.07) is 8.03. The molecule has 4 heteroatoms. The van der Waals surface area contributed by atoms with Crippen LogP contribution in [-0.4, -0.2) is 15.0 Å². The number of hydrogen-bond donors (Lipinski definition) is 1. The van der Waals surface area contributed by atoms with Gasteiger partial charge in [0.2, 0.25) is 0 Å². The number of aromatic nitrogens is 3. The van der Waals surface area contributed by atoms with Gasteiger partial charge in [-0.1, -0.05) is 18.2 Å². The lowest BCUT2D eigenvalue weighted by Crippen LogP contribution is -1.79. The highest BCUT2D eigenvalue weighted by Crippen LogP contribution is 2.19. The number of para-hydroxylation sites is 1. The SMILES string of the molecule is Cl.c1ccc2c(c1)ncc1nc[nH]c12. The van der Waals surface area contributed by atoms with E-state index in [9.17, 15) is 0 Å². The van der Waals surface area contributed by atoms with Gasteiger partial charge in [0, 0.05) is 5.39 Å². The molecule has 0 atom stereocenters. The molecule has 0 aliphatic rings. The fraction of sp³-hybridized carbons (Fsp3) is 0. The lowest BCUT2D eigenvalue weighted by atomic mass is 10.2. The van der Waals surface area contributed by atoms with Crippen LogP contribution in [0.1, 0.15) is 0 Å². The summed E-state index contributed by atoms with van der Waals surface area (Å²) in [6.07, 6.45) is 3.48. The maximum absolute atomic E-state index is 4.30. The molecular weight excluding hydrogens is 198 g/mol. The zero-order valence-corrected chi connectivity index (χ0v) is 8.08. The number of rotatable bonds is 0. The molecule has 0 bridgehead atoms. The molecule has 2 aromatic heterocycles. The van der Waals surface area contributed by atoms with Gasteiger partial charge in [0.25, 0.3) is 0 Å². The van der Waals surface area contributed by atoms with Crippen molar-refractivity contribution < 1.29 is 0 Å². The smallest absolute Gasteiger partial charge is 0.107 e. The molecule has 0 fully saturated rings. The van der Waals surface area contributed by atoms with Crippen LogP contribution in [0.25, 0.3) is 21.9 Å². The van der Waals surface area contributed by atoms with Crippen LogP contribution >= 0.6 is 12.4 Å². The Labute approximate surface area is 86.6 Å². The highest BCUT2D eigenvalue weighted by molar-refractivity contribution is 6.01. The summed E-state index contributed by atoms with van der Waals surface area (Å²) >= 11 is 0. The standard InChI is InChI=1S/C10H7N3.ClH/c1-2-4-8-7(3-1)10-9(5-11-8)12-6-13-10;/h1-6H,(H,12,13);1H. The molecule has 1 aromatic carbocycles. The molecule has 0 saturated heterocycles. The number of H-pyrrole nitrogens is 1. The van der Waals surface area contributed by atoms with Crippen molar-refractivity contribution in [3.8, 4) is 0 Å². The minimum absolute atomic E-state index is 0. The lowest BCUT2D eigenvalue weighted by Gasteiger charge is -1.95. The number of fused-ring (bicyclic) bond motifs is 3. The van der Waals surface area contributed by atoms with Crippen LogP contribution < -0.4 is 0 Å². The molecule has 3 aromatic rings. The number of hydrogen-bond acceptors (Lipinski definition) is 2. The molecule has 2 heterocycles. The van der Waals surface area contributed by atoms with Crippen molar-refractivity contribution in [1.29, 1.82) is 0 Å². The second kappa shape index (κ2) is 3.27. The van der Waals surface area contributed by atoms with Crippen LogP contribution in [0.5, 0.6) is 0 Å². The molecule has 0 saturated carbocycles. The Kier molecular flexibility index (Phi) is 2.09. The van der Waals surface area contributed by atoms with Crippen molar-refractivity contribution in [2.45, 2.75) is 0 Å². The summed E-state index contributed by atoms with van der Waals surface area (Å²) < 4.78 is 0. The first-order valence-electron chi connectivity index (χ1n) is 4.12. The summed E-state index contributed by atoms with van der Waals surface area (Å²) in [5.74, 6) is 0. The predicted octanol–water partition coefficient (Wildman–Crippen LogP) is 2.53. The van der Waals surface area contributed by atoms with Crippen molar-refractivity contribution >= 4 is 34.3 Å². The van der Waals surface area contributed by atoms with Crippen molar-refractivity contribution in [2.24, 2.45) is 0 Å². The van der Waals surface area contributed by atoms with Crippen LogP contribution in [0.4, 0.5) is 0 Å². The minimum Gasteiger partial charge on any atom is -0.344 e. The third-order valence-corrected chi connectivity index (χ3v) is 2.17. The van der Waals surface area contributed by atoms with E-state index < -0.39 is 0 Å². The van der Waals surface area contributed by atoms with Gasteiger partial charge < -0.3 is 4.98 Å². The Bertz CT molecular complexity index is 573. The van der Waals surface area contributed by atoms with E-state index in [-0.39, 0.29) is 12.4 Å². The average molecular weight is 206 g/mol. The Morgan fingerprint density at radius 3 is 2.79 bits per heavy atom. The topological polar surface area (TPSA) is 41.6 Å². The maximum atomic E-state index is 4.30. The molecule has 14 heavy (non-hydrogen) atoms. The first-order chi connectivity index (χ1) is 6.45. The maximum Gasteiger partial charge on any atom is 0.107 e. The molecule has 70 valence electrons. The number of nitrogens with one attached hydrogen (secondary N) is 1. The van der Waals surface area contributed by atoms with Crippen LogP contribution in [0.3, 0.4) is 0 Å². The first kappa shape index (κ1) is 8.97. The van der Waals surface area contributed by atoms with Crippen molar-refractivity contribution in [2.75, 3.05) is 0 Å². The molecule has 3 nitrogen and oxygen atoms in total. The van der Waals surface area contributed by atoms with Crippen LogP contribution in [0.2, 0.25) is 0 Å². The average Bonchev–Trinajstić information content (AvgIpc) is 2.65. The van der Waals surface area contributed by atoms with Gasteiger partial charge in [-0.05, 0) is 6.07 Å². The van der Waals surface area contributed by atoms with E-state index in [0.717, 1.165) is 21.9 Å². The van der Waals surface area contributed by atoms with Crippen molar-refractivity contribution in [3.63, 3.8) is 0 Å². The quantitative estimate of drug-likeness (QED) is 0.613. The Morgan fingerprint density at radius 2 is 1.86 bits per heavy atom. The highest BCUT2D eigenvalue weighted by atomic mass is 35.5. The molecule has 0 spiro atoms. The number of imidazole rings is 1. The number of nitrogens with zero attached hydrogens (tertiary/aromatic N) is 2. The molecule has 0 radical (unpaired) electrons.